The molecule has 4 nitrogen and oxygen atoms in total. The van der Waals surface area contributed by atoms with Crippen molar-refractivity contribution in [3.05, 3.63) is 35.9 Å². The van der Waals surface area contributed by atoms with Crippen LogP contribution in [0.25, 0.3) is 0 Å². The first kappa shape index (κ1) is 13.3. The minimum absolute atomic E-state index is 0.0799. The van der Waals surface area contributed by atoms with Crippen molar-refractivity contribution < 1.29 is 9.59 Å². The Balaban J connectivity index is 2.12. The average molecular weight is 256 g/mol. The summed E-state index contributed by atoms with van der Waals surface area (Å²) in [5.74, 6) is -0.236. The van der Waals surface area contributed by atoms with Crippen molar-refractivity contribution in [3.8, 4) is 6.07 Å². The van der Waals surface area contributed by atoms with Crippen molar-refractivity contribution in [2.45, 2.75) is 26.3 Å². The summed E-state index contributed by atoms with van der Waals surface area (Å²) >= 11 is 0. The molecule has 1 saturated heterocycles. The van der Waals surface area contributed by atoms with E-state index in [9.17, 15) is 9.59 Å². The number of nitriles is 1. The second kappa shape index (κ2) is 5.23. The zero-order valence-corrected chi connectivity index (χ0v) is 10.9. The highest BCUT2D eigenvalue weighted by molar-refractivity contribution is 6.12. The number of hydrogen-bond acceptors (Lipinski definition) is 3. The number of amides is 1. The first-order chi connectivity index (χ1) is 9.08. The molecule has 1 aliphatic heterocycles. The Morgan fingerprint density at radius 2 is 2.00 bits per heavy atom. The molecular formula is C15H16N2O2. The largest absolute Gasteiger partial charge is 0.330 e. The fourth-order valence-corrected chi connectivity index (χ4v) is 2.37. The van der Waals surface area contributed by atoms with Crippen LogP contribution < -0.4 is 0 Å². The van der Waals surface area contributed by atoms with Crippen molar-refractivity contribution in [1.82, 2.24) is 4.90 Å². The summed E-state index contributed by atoms with van der Waals surface area (Å²) in [6.07, 6.45) is 0.541. The van der Waals surface area contributed by atoms with Gasteiger partial charge in [-0.2, -0.15) is 5.26 Å². The summed E-state index contributed by atoms with van der Waals surface area (Å²) in [4.78, 5) is 26.0. The van der Waals surface area contributed by atoms with E-state index >= 15 is 0 Å². The SMILES string of the molecule is CC1(CCC#N)C(=O)CN(Cc2ccccc2)C1=O. The van der Waals surface area contributed by atoms with Crippen LogP contribution in [-0.2, 0) is 16.1 Å². The molecule has 0 N–H and O–H groups in total. The number of likely N-dealkylation sites (tertiary alicyclic amines) is 1. The fraction of sp³-hybridized carbons (Fsp3) is 0.400. The number of carbonyl (C=O) groups excluding carboxylic acids is 2. The standard InChI is InChI=1S/C15H16N2O2/c1-15(8-5-9-16)13(18)11-17(14(15)19)10-12-6-3-2-4-7-12/h2-4,6-7H,5,8,10-11H2,1H3. The third-order valence-electron chi connectivity index (χ3n) is 3.66. The van der Waals surface area contributed by atoms with Gasteiger partial charge < -0.3 is 4.90 Å². The van der Waals surface area contributed by atoms with Gasteiger partial charge in [-0.05, 0) is 18.9 Å². The zero-order chi connectivity index (χ0) is 13.9. The summed E-state index contributed by atoms with van der Waals surface area (Å²) in [7, 11) is 0. The van der Waals surface area contributed by atoms with Gasteiger partial charge in [0.1, 0.15) is 5.41 Å². The molecular weight excluding hydrogens is 240 g/mol. The maximum atomic E-state index is 12.3. The summed E-state index contributed by atoms with van der Waals surface area (Å²) in [6.45, 7) is 2.25. The van der Waals surface area contributed by atoms with Crippen LogP contribution >= 0.6 is 0 Å². The number of Topliss-reactive ketones (excluding diaryl/α,β-unsaturated/α-hetero) is 1. The number of hydrogen-bond donors (Lipinski definition) is 0. The predicted molar refractivity (Wildman–Crippen MR) is 69.8 cm³/mol. The lowest BCUT2D eigenvalue weighted by Crippen LogP contribution is -2.34. The predicted octanol–water partition coefficient (Wildman–Crippen LogP) is 1.91. The molecule has 1 fully saturated rings. The molecule has 0 radical (unpaired) electrons. The van der Waals surface area contributed by atoms with Crippen molar-refractivity contribution in [3.63, 3.8) is 0 Å². The van der Waals surface area contributed by atoms with Gasteiger partial charge >= 0.3 is 0 Å². The molecule has 0 bridgehead atoms. The van der Waals surface area contributed by atoms with Gasteiger partial charge in [0.25, 0.3) is 0 Å². The van der Waals surface area contributed by atoms with E-state index in [0.29, 0.717) is 13.0 Å². The molecule has 0 aliphatic carbocycles. The molecule has 1 aromatic carbocycles. The normalized spacial score (nSPS) is 22.6. The van der Waals surface area contributed by atoms with Gasteiger partial charge in [0.2, 0.25) is 5.91 Å². The maximum Gasteiger partial charge on any atom is 0.236 e. The lowest BCUT2D eigenvalue weighted by atomic mass is 9.83. The van der Waals surface area contributed by atoms with Gasteiger partial charge in [-0.1, -0.05) is 30.3 Å². The molecule has 1 aromatic rings. The number of rotatable bonds is 4. The number of ketones is 1. The van der Waals surface area contributed by atoms with E-state index in [4.69, 9.17) is 5.26 Å². The Labute approximate surface area is 112 Å². The molecule has 1 atom stereocenters. The van der Waals surface area contributed by atoms with Crippen molar-refractivity contribution in [2.75, 3.05) is 6.54 Å². The molecule has 0 aromatic heterocycles. The van der Waals surface area contributed by atoms with Gasteiger partial charge in [-0.25, -0.2) is 0 Å². The quantitative estimate of drug-likeness (QED) is 0.773. The van der Waals surface area contributed by atoms with Crippen LogP contribution in [0.4, 0.5) is 0 Å². The zero-order valence-electron chi connectivity index (χ0n) is 10.9. The third kappa shape index (κ3) is 2.50. The van der Waals surface area contributed by atoms with Crippen LogP contribution in [0.15, 0.2) is 30.3 Å². The highest BCUT2D eigenvalue weighted by Crippen LogP contribution is 2.33. The van der Waals surface area contributed by atoms with Crippen molar-refractivity contribution in [1.29, 1.82) is 5.26 Å². The van der Waals surface area contributed by atoms with E-state index in [-0.39, 0.29) is 24.7 Å². The van der Waals surface area contributed by atoms with Gasteiger partial charge in [0.05, 0.1) is 12.6 Å². The Bertz CT molecular complexity index is 533. The lowest BCUT2D eigenvalue weighted by Gasteiger charge is -2.20. The molecule has 0 spiro atoms. The van der Waals surface area contributed by atoms with Crippen LogP contribution in [0.2, 0.25) is 0 Å². The minimum Gasteiger partial charge on any atom is -0.330 e. The molecule has 0 saturated carbocycles. The van der Waals surface area contributed by atoms with Crippen molar-refractivity contribution >= 4 is 11.7 Å². The molecule has 19 heavy (non-hydrogen) atoms. The molecule has 1 unspecified atom stereocenters. The monoisotopic (exact) mass is 256 g/mol. The van der Waals surface area contributed by atoms with Gasteiger partial charge in [0.15, 0.2) is 5.78 Å². The van der Waals surface area contributed by atoms with E-state index in [1.54, 1.807) is 11.8 Å². The fourth-order valence-electron chi connectivity index (χ4n) is 2.37. The number of benzene rings is 1. The third-order valence-corrected chi connectivity index (χ3v) is 3.66. The van der Waals surface area contributed by atoms with E-state index in [1.807, 2.05) is 36.4 Å². The van der Waals surface area contributed by atoms with Gasteiger partial charge in [-0.3, -0.25) is 9.59 Å². The highest BCUT2D eigenvalue weighted by atomic mass is 16.2. The van der Waals surface area contributed by atoms with Crippen molar-refractivity contribution in [2.24, 2.45) is 5.41 Å². The van der Waals surface area contributed by atoms with Crippen LogP contribution in [0.5, 0.6) is 0 Å². The van der Waals surface area contributed by atoms with Crippen LogP contribution in [0.3, 0.4) is 0 Å². The molecule has 1 heterocycles. The van der Waals surface area contributed by atoms with Gasteiger partial charge in [0, 0.05) is 13.0 Å². The topological polar surface area (TPSA) is 61.2 Å². The van der Waals surface area contributed by atoms with E-state index in [0.717, 1.165) is 5.56 Å². The highest BCUT2D eigenvalue weighted by Gasteiger charge is 2.49. The van der Waals surface area contributed by atoms with Gasteiger partial charge in [-0.15, -0.1) is 0 Å². The Morgan fingerprint density at radius 3 is 2.63 bits per heavy atom. The smallest absolute Gasteiger partial charge is 0.236 e. The molecule has 1 amide bonds. The molecule has 98 valence electrons. The van der Waals surface area contributed by atoms with E-state index < -0.39 is 5.41 Å². The van der Waals surface area contributed by atoms with E-state index in [1.165, 1.54) is 0 Å². The first-order valence-electron chi connectivity index (χ1n) is 6.31. The lowest BCUT2D eigenvalue weighted by molar-refractivity contribution is -0.138. The van der Waals surface area contributed by atoms with Crippen LogP contribution in [0, 0.1) is 16.7 Å². The number of carbonyl (C=O) groups is 2. The summed E-state index contributed by atoms with van der Waals surface area (Å²) in [6, 6.07) is 11.6. The minimum atomic E-state index is -1.01. The summed E-state index contributed by atoms with van der Waals surface area (Å²) in [5, 5.41) is 8.63. The second-order valence-electron chi connectivity index (χ2n) is 5.06. The molecule has 2 rings (SSSR count). The average Bonchev–Trinajstić information content (AvgIpc) is 2.63. The molecule has 1 aliphatic rings. The first-order valence-corrected chi connectivity index (χ1v) is 6.31. The Kier molecular flexibility index (Phi) is 3.66. The van der Waals surface area contributed by atoms with E-state index in [2.05, 4.69) is 0 Å². The number of nitrogens with zero attached hydrogens (tertiary/aromatic N) is 2. The molecule has 4 heteroatoms. The Hall–Kier alpha value is -2.15. The maximum absolute atomic E-state index is 12.3. The second-order valence-corrected chi connectivity index (χ2v) is 5.06. The summed E-state index contributed by atoms with van der Waals surface area (Å²) < 4.78 is 0. The Morgan fingerprint density at radius 1 is 1.32 bits per heavy atom. The van der Waals surface area contributed by atoms with Crippen LogP contribution in [-0.4, -0.2) is 23.1 Å². The summed E-state index contributed by atoms with van der Waals surface area (Å²) in [5.41, 5.74) is -0.00184. The van der Waals surface area contributed by atoms with Crippen LogP contribution in [0.1, 0.15) is 25.3 Å².